The lowest BCUT2D eigenvalue weighted by Crippen LogP contribution is -2.74. The second kappa shape index (κ2) is 8.43. The Balaban J connectivity index is 2.66. The van der Waals surface area contributed by atoms with E-state index in [1.54, 1.807) is 0 Å². The molecule has 16 heteroatoms. The van der Waals surface area contributed by atoms with Crippen molar-refractivity contribution in [3.05, 3.63) is 71.8 Å². The Morgan fingerprint density at radius 2 is 0.472 bits per heavy atom. The number of alkyl halides is 16. The molecule has 0 aliphatic rings. The first-order chi connectivity index (χ1) is 16.0. The van der Waals surface area contributed by atoms with Gasteiger partial charge in [0.2, 0.25) is 0 Å². The quantitative estimate of drug-likeness (QED) is 0.273. The molecule has 202 valence electrons. The molecule has 0 heterocycles. The number of hydrogen-bond donors (Lipinski definition) is 0. The predicted molar refractivity (Wildman–Crippen MR) is 90.4 cm³/mol. The zero-order valence-electron chi connectivity index (χ0n) is 16.8. The van der Waals surface area contributed by atoms with Crippen LogP contribution in [0.15, 0.2) is 60.7 Å². The topological polar surface area (TPSA) is 0 Å². The number of rotatable bonds is 9. The van der Waals surface area contributed by atoms with Crippen LogP contribution in [0.1, 0.15) is 11.1 Å². The van der Waals surface area contributed by atoms with Gasteiger partial charge in [-0.05, 0) is 0 Å². The van der Waals surface area contributed by atoms with Gasteiger partial charge in [0.25, 0.3) is 0 Å². The summed E-state index contributed by atoms with van der Waals surface area (Å²) in [5, 5.41) is 0. The summed E-state index contributed by atoms with van der Waals surface area (Å²) in [5.74, 6) is -61.5. The highest BCUT2D eigenvalue weighted by Gasteiger charge is 2.94. The van der Waals surface area contributed by atoms with Gasteiger partial charge in [-0.25, -0.2) is 0 Å². The van der Waals surface area contributed by atoms with Gasteiger partial charge in [-0.2, -0.15) is 70.2 Å². The molecule has 0 radical (unpaired) electrons. The molecule has 2 aromatic carbocycles. The standard InChI is InChI=1S/C20H10F16/c21-13(22,11-7-3-1-4-8-11)15(25,26)17(29,30)19(33,34)20(35,36)18(31,32)16(27,28)14(23,24)12-9-5-2-6-10-12/h1-10H. The van der Waals surface area contributed by atoms with Crippen molar-refractivity contribution in [1.82, 2.24) is 0 Å². The average Bonchev–Trinajstić information content (AvgIpc) is 2.79. The lowest BCUT2D eigenvalue weighted by atomic mass is 9.85. The average molecular weight is 554 g/mol. The van der Waals surface area contributed by atoms with Crippen molar-refractivity contribution in [2.24, 2.45) is 0 Å². The molecule has 0 atom stereocenters. The molecule has 0 aliphatic heterocycles. The third kappa shape index (κ3) is 3.69. The highest BCUT2D eigenvalue weighted by Crippen LogP contribution is 2.65. The molecule has 0 saturated carbocycles. The second-order valence-electron chi connectivity index (χ2n) is 7.33. The van der Waals surface area contributed by atoms with Crippen LogP contribution in [-0.2, 0) is 11.8 Å². The fraction of sp³-hybridized carbons (Fsp3) is 0.400. The Kier molecular flexibility index (Phi) is 6.92. The minimum absolute atomic E-state index is 0.0521. The Bertz CT molecular complexity index is 958. The fourth-order valence-electron chi connectivity index (χ4n) is 2.84. The Labute approximate surface area is 190 Å². The Hall–Kier alpha value is -2.68. The maximum atomic E-state index is 14.0. The Morgan fingerprint density at radius 1 is 0.278 bits per heavy atom. The van der Waals surface area contributed by atoms with E-state index < -0.39 is 58.5 Å². The van der Waals surface area contributed by atoms with Gasteiger partial charge in [0.05, 0.1) is 0 Å². The van der Waals surface area contributed by atoms with Crippen LogP contribution >= 0.6 is 0 Å². The maximum Gasteiger partial charge on any atom is 0.385 e. The third-order valence-electron chi connectivity index (χ3n) is 5.03. The molecule has 0 N–H and O–H groups in total. The molecule has 0 bridgehead atoms. The van der Waals surface area contributed by atoms with Crippen LogP contribution in [0.3, 0.4) is 0 Å². The predicted octanol–water partition coefficient (Wildman–Crippen LogP) is 8.38. The Morgan fingerprint density at radius 3 is 0.694 bits per heavy atom. The monoisotopic (exact) mass is 554 g/mol. The summed E-state index contributed by atoms with van der Waals surface area (Å²) in [6.45, 7) is 0. The van der Waals surface area contributed by atoms with Crippen molar-refractivity contribution < 1.29 is 70.2 Å². The summed E-state index contributed by atoms with van der Waals surface area (Å²) in [6, 6.07) is 3.44. The molecule has 0 aromatic heterocycles. The van der Waals surface area contributed by atoms with Crippen molar-refractivity contribution in [3.63, 3.8) is 0 Å². The van der Waals surface area contributed by atoms with Crippen molar-refractivity contribution in [1.29, 1.82) is 0 Å². The van der Waals surface area contributed by atoms with Crippen molar-refractivity contribution >= 4 is 0 Å². The summed E-state index contributed by atoms with van der Waals surface area (Å²) < 4.78 is 224. The van der Waals surface area contributed by atoms with Gasteiger partial charge in [-0.3, -0.25) is 0 Å². The van der Waals surface area contributed by atoms with Crippen LogP contribution in [-0.4, -0.2) is 35.5 Å². The van der Waals surface area contributed by atoms with Crippen LogP contribution < -0.4 is 0 Å². The van der Waals surface area contributed by atoms with Gasteiger partial charge in [0.15, 0.2) is 0 Å². The molecule has 2 rings (SSSR count). The zero-order valence-corrected chi connectivity index (χ0v) is 16.8. The smallest absolute Gasteiger partial charge is 0.194 e. The minimum atomic E-state index is -8.44. The highest BCUT2D eigenvalue weighted by atomic mass is 19.4. The number of hydrogen-bond acceptors (Lipinski definition) is 0. The van der Waals surface area contributed by atoms with E-state index in [2.05, 4.69) is 0 Å². The van der Waals surface area contributed by atoms with Gasteiger partial charge in [0, 0.05) is 11.1 Å². The highest BCUT2D eigenvalue weighted by molar-refractivity contribution is 5.28. The summed E-state index contributed by atoms with van der Waals surface area (Å²) in [5.41, 5.74) is -4.36. The molecule has 0 unspecified atom stereocenters. The van der Waals surface area contributed by atoms with E-state index in [0.29, 0.717) is 24.3 Å². The van der Waals surface area contributed by atoms with Crippen LogP contribution in [0.4, 0.5) is 70.2 Å². The van der Waals surface area contributed by atoms with Gasteiger partial charge >= 0.3 is 47.4 Å². The summed E-state index contributed by atoms with van der Waals surface area (Å²) >= 11 is 0. The molecular weight excluding hydrogens is 544 g/mol. The van der Waals surface area contributed by atoms with E-state index in [0.717, 1.165) is 12.1 Å². The molecular formula is C20H10F16. The summed E-state index contributed by atoms with van der Waals surface area (Å²) in [4.78, 5) is 0. The van der Waals surface area contributed by atoms with Crippen LogP contribution in [0.5, 0.6) is 0 Å². The normalized spacial score (nSPS) is 15.2. The zero-order chi connectivity index (χ0) is 28.2. The molecule has 0 nitrogen and oxygen atoms in total. The van der Waals surface area contributed by atoms with Gasteiger partial charge in [-0.15, -0.1) is 0 Å². The SMILES string of the molecule is FC(F)(c1ccccc1)C(F)(F)C(F)(F)C(F)(F)C(F)(F)C(F)(F)C(F)(F)C(F)(F)c1ccccc1. The molecule has 0 aliphatic carbocycles. The van der Waals surface area contributed by atoms with E-state index in [1.807, 2.05) is 0 Å². The summed E-state index contributed by atoms with van der Waals surface area (Å²) in [6.07, 6.45) is 0. The van der Waals surface area contributed by atoms with E-state index in [9.17, 15) is 70.2 Å². The fourth-order valence-corrected chi connectivity index (χ4v) is 2.84. The van der Waals surface area contributed by atoms with E-state index in [4.69, 9.17) is 0 Å². The molecule has 0 amide bonds. The van der Waals surface area contributed by atoms with E-state index in [1.165, 1.54) is 0 Å². The minimum Gasteiger partial charge on any atom is -0.194 e. The van der Waals surface area contributed by atoms with Crippen LogP contribution in [0, 0.1) is 0 Å². The summed E-state index contributed by atoms with van der Waals surface area (Å²) in [7, 11) is 0. The third-order valence-corrected chi connectivity index (χ3v) is 5.03. The van der Waals surface area contributed by atoms with E-state index >= 15 is 0 Å². The largest absolute Gasteiger partial charge is 0.385 e. The van der Waals surface area contributed by atoms with Crippen LogP contribution in [0.2, 0.25) is 0 Å². The number of benzene rings is 2. The van der Waals surface area contributed by atoms with Gasteiger partial charge in [-0.1, -0.05) is 60.7 Å². The maximum absolute atomic E-state index is 14.0. The lowest BCUT2D eigenvalue weighted by Gasteiger charge is -2.43. The molecule has 2 aromatic rings. The molecule has 36 heavy (non-hydrogen) atoms. The van der Waals surface area contributed by atoms with Gasteiger partial charge in [0.1, 0.15) is 0 Å². The molecule has 0 fully saturated rings. The first-order valence-corrected chi connectivity index (χ1v) is 9.10. The van der Waals surface area contributed by atoms with Crippen molar-refractivity contribution in [2.45, 2.75) is 47.4 Å². The lowest BCUT2D eigenvalue weighted by molar-refractivity contribution is -0.456. The number of halogens is 16. The molecule has 0 saturated heterocycles. The van der Waals surface area contributed by atoms with Crippen LogP contribution in [0.25, 0.3) is 0 Å². The first kappa shape index (κ1) is 29.5. The molecule has 0 spiro atoms. The van der Waals surface area contributed by atoms with Crippen molar-refractivity contribution in [3.8, 4) is 0 Å². The van der Waals surface area contributed by atoms with Gasteiger partial charge < -0.3 is 0 Å². The van der Waals surface area contributed by atoms with E-state index in [-0.39, 0.29) is 24.3 Å². The second-order valence-corrected chi connectivity index (χ2v) is 7.33. The first-order valence-electron chi connectivity index (χ1n) is 9.10. The van der Waals surface area contributed by atoms with Crippen molar-refractivity contribution in [2.75, 3.05) is 0 Å².